The van der Waals surface area contributed by atoms with Crippen LogP contribution in [0.2, 0.25) is 0 Å². The van der Waals surface area contributed by atoms with E-state index < -0.39 is 5.97 Å². The van der Waals surface area contributed by atoms with Gasteiger partial charge in [-0.2, -0.15) is 0 Å². The highest BCUT2D eigenvalue weighted by Crippen LogP contribution is 2.38. The number of hydrogen-bond acceptors (Lipinski definition) is 5. The third-order valence-electron chi connectivity index (χ3n) is 4.22. The number of hydrogen-bond donors (Lipinski definition) is 2. The number of ether oxygens (including phenoxy) is 1. The third-order valence-corrected chi connectivity index (χ3v) is 5.29. The summed E-state index contributed by atoms with van der Waals surface area (Å²) in [5.41, 5.74) is 1.97. The van der Waals surface area contributed by atoms with Crippen molar-refractivity contribution in [2.24, 2.45) is 0 Å². The molecule has 2 aromatic carbocycles. The normalized spacial score (nSPS) is 11.0. The number of esters is 1. The Balaban J connectivity index is 1.96. The quantitative estimate of drug-likeness (QED) is 0.597. The van der Waals surface area contributed by atoms with Gasteiger partial charge in [0.25, 0.3) is 5.91 Å². The van der Waals surface area contributed by atoms with E-state index in [0.29, 0.717) is 32.1 Å². The van der Waals surface area contributed by atoms with E-state index in [1.54, 1.807) is 31.2 Å². The molecule has 3 rings (SSSR count). The molecule has 0 spiro atoms. The Kier molecular flexibility index (Phi) is 5.46. The van der Waals surface area contributed by atoms with Crippen LogP contribution in [-0.2, 0) is 4.74 Å². The minimum Gasteiger partial charge on any atom is -0.508 e. The molecule has 0 saturated heterocycles. The Morgan fingerprint density at radius 3 is 2.48 bits per heavy atom. The Labute approximate surface area is 161 Å². The van der Waals surface area contributed by atoms with E-state index in [2.05, 4.69) is 19.2 Å². The van der Waals surface area contributed by atoms with Crippen LogP contribution in [0.25, 0.3) is 10.1 Å². The minimum absolute atomic E-state index is 0.0984. The van der Waals surface area contributed by atoms with Crippen LogP contribution in [0.4, 0.5) is 5.00 Å². The van der Waals surface area contributed by atoms with Gasteiger partial charge in [-0.05, 0) is 48.7 Å². The van der Waals surface area contributed by atoms with Crippen molar-refractivity contribution in [3.63, 3.8) is 0 Å². The van der Waals surface area contributed by atoms with Gasteiger partial charge in [0.15, 0.2) is 0 Å². The largest absolute Gasteiger partial charge is 0.508 e. The zero-order chi connectivity index (χ0) is 19.6. The van der Waals surface area contributed by atoms with Crippen LogP contribution in [0.1, 0.15) is 53.0 Å². The number of fused-ring (bicyclic) bond motifs is 1. The maximum Gasteiger partial charge on any atom is 0.341 e. The zero-order valence-corrected chi connectivity index (χ0v) is 16.2. The number of thiophene rings is 1. The number of benzene rings is 2. The standard InChI is InChI=1S/C21H21NO4S/c1-4-26-21(25)18-16-10-9-15(23)11-17(16)27-20(18)22-19(24)14-7-5-13(6-8-14)12(2)3/h5-12,23H,4H2,1-3H3,(H,22,24). The molecule has 0 aliphatic heterocycles. The number of phenolic OH excluding ortho intramolecular Hbond substituents is 1. The topological polar surface area (TPSA) is 75.6 Å². The van der Waals surface area contributed by atoms with Gasteiger partial charge >= 0.3 is 5.97 Å². The van der Waals surface area contributed by atoms with E-state index in [1.165, 1.54) is 17.4 Å². The summed E-state index contributed by atoms with van der Waals surface area (Å²) < 4.78 is 5.85. The lowest BCUT2D eigenvalue weighted by Crippen LogP contribution is -2.14. The summed E-state index contributed by atoms with van der Waals surface area (Å²) >= 11 is 1.23. The van der Waals surface area contributed by atoms with Gasteiger partial charge in [0.1, 0.15) is 16.3 Å². The van der Waals surface area contributed by atoms with Crippen molar-refractivity contribution in [2.45, 2.75) is 26.7 Å². The van der Waals surface area contributed by atoms with E-state index in [1.807, 2.05) is 12.1 Å². The highest BCUT2D eigenvalue weighted by Gasteiger charge is 2.22. The lowest BCUT2D eigenvalue weighted by atomic mass is 10.0. The van der Waals surface area contributed by atoms with Crippen LogP contribution in [0.5, 0.6) is 5.75 Å². The summed E-state index contributed by atoms with van der Waals surface area (Å²) in [5, 5.41) is 13.6. The zero-order valence-electron chi connectivity index (χ0n) is 15.4. The lowest BCUT2D eigenvalue weighted by Gasteiger charge is -2.08. The number of phenols is 1. The van der Waals surface area contributed by atoms with Crippen LogP contribution in [-0.4, -0.2) is 23.6 Å². The molecular weight excluding hydrogens is 362 g/mol. The highest BCUT2D eigenvalue weighted by atomic mass is 32.1. The average molecular weight is 383 g/mol. The number of carbonyl (C=O) groups is 2. The number of carbonyl (C=O) groups excluding carboxylic acids is 2. The predicted molar refractivity (Wildman–Crippen MR) is 108 cm³/mol. The number of rotatable bonds is 5. The fourth-order valence-electron chi connectivity index (χ4n) is 2.77. The first-order chi connectivity index (χ1) is 12.9. The van der Waals surface area contributed by atoms with Crippen molar-refractivity contribution < 1.29 is 19.4 Å². The van der Waals surface area contributed by atoms with Crippen LogP contribution in [0, 0.1) is 0 Å². The maximum absolute atomic E-state index is 12.7. The molecule has 6 heteroatoms. The molecule has 1 amide bonds. The van der Waals surface area contributed by atoms with E-state index in [4.69, 9.17) is 4.74 Å². The summed E-state index contributed by atoms with van der Waals surface area (Å²) in [5.74, 6) is -0.319. The van der Waals surface area contributed by atoms with Crippen LogP contribution in [0.15, 0.2) is 42.5 Å². The van der Waals surface area contributed by atoms with Gasteiger partial charge in [0.2, 0.25) is 0 Å². The van der Waals surface area contributed by atoms with E-state index in [-0.39, 0.29) is 18.3 Å². The SMILES string of the molecule is CCOC(=O)c1c(NC(=O)c2ccc(C(C)C)cc2)sc2cc(O)ccc12. The third kappa shape index (κ3) is 3.95. The molecule has 0 saturated carbocycles. The molecule has 3 aromatic rings. The number of anilines is 1. The summed E-state index contributed by atoms with van der Waals surface area (Å²) in [7, 11) is 0. The van der Waals surface area contributed by atoms with Gasteiger partial charge in [-0.25, -0.2) is 4.79 Å². The number of nitrogens with one attached hydrogen (secondary N) is 1. The van der Waals surface area contributed by atoms with Gasteiger partial charge in [-0.1, -0.05) is 26.0 Å². The molecule has 2 N–H and O–H groups in total. The molecule has 1 aromatic heterocycles. The molecule has 1 heterocycles. The van der Waals surface area contributed by atoms with Crippen molar-refractivity contribution in [1.82, 2.24) is 0 Å². The van der Waals surface area contributed by atoms with Crippen LogP contribution < -0.4 is 5.32 Å². The second-order valence-corrected chi connectivity index (χ2v) is 7.49. The summed E-state index contributed by atoms with van der Waals surface area (Å²) in [6, 6.07) is 12.1. The Bertz CT molecular complexity index is 989. The van der Waals surface area contributed by atoms with Crippen LogP contribution in [0.3, 0.4) is 0 Å². The highest BCUT2D eigenvalue weighted by molar-refractivity contribution is 7.23. The smallest absolute Gasteiger partial charge is 0.341 e. The number of aromatic hydroxyl groups is 1. The maximum atomic E-state index is 12.7. The Morgan fingerprint density at radius 2 is 1.85 bits per heavy atom. The molecule has 5 nitrogen and oxygen atoms in total. The van der Waals surface area contributed by atoms with Gasteiger partial charge in [-0.3, -0.25) is 4.79 Å². The van der Waals surface area contributed by atoms with E-state index >= 15 is 0 Å². The van der Waals surface area contributed by atoms with Gasteiger partial charge in [0.05, 0.1) is 6.61 Å². The second-order valence-electron chi connectivity index (χ2n) is 6.44. The molecule has 0 fully saturated rings. The van der Waals surface area contributed by atoms with Gasteiger partial charge in [-0.15, -0.1) is 11.3 Å². The molecular formula is C21H21NO4S. The van der Waals surface area contributed by atoms with Crippen molar-refractivity contribution in [2.75, 3.05) is 11.9 Å². The predicted octanol–water partition coefficient (Wildman–Crippen LogP) is 5.16. The molecule has 0 bridgehead atoms. The summed E-state index contributed by atoms with van der Waals surface area (Å²) in [6.07, 6.45) is 0. The molecule has 27 heavy (non-hydrogen) atoms. The van der Waals surface area contributed by atoms with Gasteiger partial charge < -0.3 is 15.2 Å². The number of amides is 1. The van der Waals surface area contributed by atoms with Crippen molar-refractivity contribution >= 4 is 38.3 Å². The lowest BCUT2D eigenvalue weighted by molar-refractivity contribution is 0.0530. The second kappa shape index (κ2) is 7.80. The first kappa shape index (κ1) is 18.9. The van der Waals surface area contributed by atoms with Crippen molar-refractivity contribution in [3.05, 3.63) is 59.2 Å². The monoisotopic (exact) mass is 383 g/mol. The minimum atomic E-state index is -0.500. The summed E-state index contributed by atoms with van der Waals surface area (Å²) in [6.45, 7) is 6.14. The fourth-order valence-corrected chi connectivity index (χ4v) is 3.89. The summed E-state index contributed by atoms with van der Waals surface area (Å²) in [4.78, 5) is 25.1. The van der Waals surface area contributed by atoms with Crippen LogP contribution >= 0.6 is 11.3 Å². The first-order valence-electron chi connectivity index (χ1n) is 8.74. The molecule has 0 aliphatic rings. The Morgan fingerprint density at radius 1 is 1.15 bits per heavy atom. The van der Waals surface area contributed by atoms with E-state index in [0.717, 1.165) is 5.56 Å². The molecule has 0 radical (unpaired) electrons. The first-order valence-corrected chi connectivity index (χ1v) is 9.56. The Hall–Kier alpha value is -2.86. The van der Waals surface area contributed by atoms with Gasteiger partial charge in [0, 0.05) is 15.6 Å². The van der Waals surface area contributed by atoms with Crippen molar-refractivity contribution in [3.8, 4) is 5.75 Å². The molecule has 0 aliphatic carbocycles. The van der Waals surface area contributed by atoms with Crippen molar-refractivity contribution in [1.29, 1.82) is 0 Å². The fraction of sp³-hybridized carbons (Fsp3) is 0.238. The van der Waals surface area contributed by atoms with E-state index in [9.17, 15) is 14.7 Å². The molecule has 0 atom stereocenters. The molecule has 0 unspecified atom stereocenters. The average Bonchev–Trinajstić information content (AvgIpc) is 2.98. The molecule has 140 valence electrons.